The SMILES string of the molecule is COCCN1C(=O)c2ccccc2[C@H](C(=O)NCc2ccccc2OC)[C@H]1c1cccs1. The van der Waals surface area contributed by atoms with E-state index < -0.39 is 12.0 Å². The number of carbonyl (C=O) groups excluding carboxylic acids is 2. The van der Waals surface area contributed by atoms with E-state index in [-0.39, 0.29) is 11.8 Å². The minimum absolute atomic E-state index is 0.0789. The van der Waals surface area contributed by atoms with E-state index in [1.807, 2.05) is 60.0 Å². The smallest absolute Gasteiger partial charge is 0.254 e. The molecule has 0 saturated heterocycles. The van der Waals surface area contributed by atoms with Gasteiger partial charge in [-0.2, -0.15) is 0 Å². The van der Waals surface area contributed by atoms with Crippen molar-refractivity contribution in [3.05, 3.63) is 87.6 Å². The molecular weight excluding hydrogens is 424 g/mol. The van der Waals surface area contributed by atoms with Gasteiger partial charge in [0.25, 0.3) is 5.91 Å². The number of nitrogens with zero attached hydrogens (tertiary/aromatic N) is 1. The molecular formula is C25H26N2O4S. The molecule has 0 spiro atoms. The van der Waals surface area contributed by atoms with Gasteiger partial charge in [0, 0.05) is 36.2 Å². The number of nitrogens with one attached hydrogen (secondary N) is 1. The van der Waals surface area contributed by atoms with Crippen molar-refractivity contribution in [1.29, 1.82) is 0 Å². The molecule has 2 heterocycles. The van der Waals surface area contributed by atoms with Crippen molar-refractivity contribution in [2.24, 2.45) is 0 Å². The highest BCUT2D eigenvalue weighted by atomic mass is 32.1. The zero-order valence-corrected chi connectivity index (χ0v) is 18.9. The van der Waals surface area contributed by atoms with Gasteiger partial charge in [-0.3, -0.25) is 9.59 Å². The van der Waals surface area contributed by atoms with Crippen molar-refractivity contribution >= 4 is 23.2 Å². The molecule has 3 aromatic rings. The average Bonchev–Trinajstić information content (AvgIpc) is 3.36. The summed E-state index contributed by atoms with van der Waals surface area (Å²) < 4.78 is 10.7. The van der Waals surface area contributed by atoms with E-state index in [0.717, 1.165) is 21.8 Å². The molecule has 0 saturated carbocycles. The summed E-state index contributed by atoms with van der Waals surface area (Å²) in [5.41, 5.74) is 2.21. The number of hydrogen-bond acceptors (Lipinski definition) is 5. The first-order valence-corrected chi connectivity index (χ1v) is 11.4. The normalized spacial score (nSPS) is 17.7. The maximum Gasteiger partial charge on any atom is 0.254 e. The van der Waals surface area contributed by atoms with Crippen molar-refractivity contribution in [1.82, 2.24) is 10.2 Å². The van der Waals surface area contributed by atoms with Gasteiger partial charge in [0.15, 0.2) is 0 Å². The number of ether oxygens (including phenoxy) is 2. The average molecular weight is 451 g/mol. The third kappa shape index (κ3) is 4.26. The molecule has 1 aromatic heterocycles. The fourth-order valence-electron chi connectivity index (χ4n) is 4.23. The van der Waals surface area contributed by atoms with Crippen molar-refractivity contribution < 1.29 is 19.1 Å². The molecule has 2 atom stereocenters. The van der Waals surface area contributed by atoms with Gasteiger partial charge in [-0.25, -0.2) is 0 Å². The molecule has 1 aliphatic heterocycles. The molecule has 6 nitrogen and oxygen atoms in total. The fraction of sp³-hybridized carbons (Fsp3) is 0.280. The summed E-state index contributed by atoms with van der Waals surface area (Å²) in [6.07, 6.45) is 0. The molecule has 4 rings (SSSR count). The minimum Gasteiger partial charge on any atom is -0.496 e. The number of amides is 2. The quantitative estimate of drug-likeness (QED) is 0.563. The van der Waals surface area contributed by atoms with Crippen LogP contribution in [0.25, 0.3) is 0 Å². The van der Waals surface area contributed by atoms with E-state index >= 15 is 0 Å². The van der Waals surface area contributed by atoms with Crippen LogP contribution in [0.4, 0.5) is 0 Å². The molecule has 0 unspecified atom stereocenters. The van der Waals surface area contributed by atoms with Crippen LogP contribution in [0.15, 0.2) is 66.0 Å². The van der Waals surface area contributed by atoms with Crippen LogP contribution in [0.3, 0.4) is 0 Å². The molecule has 1 N–H and O–H groups in total. The standard InChI is InChI=1S/C25H26N2O4S/c1-30-14-13-27-23(21-12-7-15-32-21)22(18-9-4-5-10-19(18)25(27)29)24(28)26-16-17-8-3-6-11-20(17)31-2/h3-12,15,22-23H,13-14,16H2,1-2H3,(H,26,28)/t22-,23+/m0/s1. The van der Waals surface area contributed by atoms with Crippen LogP contribution in [0, 0.1) is 0 Å². The molecule has 166 valence electrons. The van der Waals surface area contributed by atoms with Gasteiger partial charge in [0.2, 0.25) is 5.91 Å². The lowest BCUT2D eigenvalue weighted by atomic mass is 9.81. The summed E-state index contributed by atoms with van der Waals surface area (Å²) in [7, 11) is 3.23. The largest absolute Gasteiger partial charge is 0.496 e. The summed E-state index contributed by atoms with van der Waals surface area (Å²) in [6, 6.07) is 18.5. The van der Waals surface area contributed by atoms with Crippen molar-refractivity contribution in [3.63, 3.8) is 0 Å². The first kappa shape index (κ1) is 22.0. The van der Waals surface area contributed by atoms with E-state index in [9.17, 15) is 9.59 Å². The van der Waals surface area contributed by atoms with Gasteiger partial charge in [-0.05, 0) is 29.1 Å². The van der Waals surface area contributed by atoms with E-state index in [1.165, 1.54) is 0 Å². The fourth-order valence-corrected chi connectivity index (χ4v) is 5.10. The number of para-hydroxylation sites is 1. The molecule has 0 fully saturated rings. The van der Waals surface area contributed by atoms with Crippen molar-refractivity contribution in [2.45, 2.75) is 18.5 Å². The van der Waals surface area contributed by atoms with Gasteiger partial charge in [-0.1, -0.05) is 42.5 Å². The predicted octanol–water partition coefficient (Wildman–Crippen LogP) is 4.00. The van der Waals surface area contributed by atoms with Crippen LogP contribution < -0.4 is 10.1 Å². The Bertz CT molecular complexity index is 1080. The van der Waals surface area contributed by atoms with Gasteiger partial charge < -0.3 is 19.7 Å². The number of rotatable bonds is 8. The second kappa shape index (κ2) is 9.97. The predicted molar refractivity (Wildman–Crippen MR) is 124 cm³/mol. The Balaban J connectivity index is 1.71. The Morgan fingerprint density at radius 3 is 2.59 bits per heavy atom. The van der Waals surface area contributed by atoms with Crippen LogP contribution in [-0.4, -0.2) is 44.1 Å². The number of benzene rings is 2. The van der Waals surface area contributed by atoms with E-state index in [4.69, 9.17) is 9.47 Å². The molecule has 32 heavy (non-hydrogen) atoms. The molecule has 0 aliphatic carbocycles. The summed E-state index contributed by atoms with van der Waals surface area (Å²) in [6.45, 7) is 1.14. The summed E-state index contributed by atoms with van der Waals surface area (Å²) in [5, 5.41) is 5.06. The van der Waals surface area contributed by atoms with Gasteiger partial charge in [0.05, 0.1) is 25.7 Å². The zero-order chi connectivity index (χ0) is 22.5. The molecule has 1 aliphatic rings. The molecule has 0 radical (unpaired) electrons. The van der Waals surface area contributed by atoms with E-state index in [1.54, 1.807) is 36.5 Å². The Morgan fingerprint density at radius 1 is 1.06 bits per heavy atom. The summed E-state index contributed by atoms with van der Waals surface area (Å²) in [4.78, 5) is 29.8. The minimum atomic E-state index is -0.533. The molecule has 0 bridgehead atoms. The van der Waals surface area contributed by atoms with Gasteiger partial charge >= 0.3 is 0 Å². The van der Waals surface area contributed by atoms with Crippen LogP contribution in [0.5, 0.6) is 5.75 Å². The lowest BCUT2D eigenvalue weighted by molar-refractivity contribution is -0.124. The van der Waals surface area contributed by atoms with Crippen LogP contribution in [0.1, 0.15) is 38.3 Å². The topological polar surface area (TPSA) is 67.9 Å². The Morgan fingerprint density at radius 2 is 1.84 bits per heavy atom. The maximum absolute atomic E-state index is 13.6. The Hall–Kier alpha value is -3.16. The molecule has 2 amide bonds. The third-order valence-electron chi connectivity index (χ3n) is 5.74. The molecule has 7 heteroatoms. The first-order valence-electron chi connectivity index (χ1n) is 10.5. The number of hydrogen-bond donors (Lipinski definition) is 1. The van der Waals surface area contributed by atoms with Gasteiger partial charge in [0.1, 0.15) is 5.75 Å². The highest BCUT2D eigenvalue weighted by Gasteiger charge is 2.44. The first-order chi connectivity index (χ1) is 15.7. The maximum atomic E-state index is 13.6. The second-order valence-electron chi connectivity index (χ2n) is 7.55. The van der Waals surface area contributed by atoms with Crippen molar-refractivity contribution in [2.75, 3.05) is 27.4 Å². The Kier molecular flexibility index (Phi) is 6.87. The number of carbonyl (C=O) groups is 2. The van der Waals surface area contributed by atoms with Gasteiger partial charge in [-0.15, -0.1) is 11.3 Å². The third-order valence-corrected chi connectivity index (χ3v) is 6.68. The van der Waals surface area contributed by atoms with E-state index in [0.29, 0.717) is 25.3 Å². The molecule has 2 aromatic carbocycles. The number of methoxy groups -OCH3 is 2. The van der Waals surface area contributed by atoms with Crippen LogP contribution >= 0.6 is 11.3 Å². The lowest BCUT2D eigenvalue weighted by Gasteiger charge is -2.41. The lowest BCUT2D eigenvalue weighted by Crippen LogP contribution is -2.48. The summed E-state index contributed by atoms with van der Waals surface area (Å²) >= 11 is 1.55. The van der Waals surface area contributed by atoms with Crippen LogP contribution in [-0.2, 0) is 16.1 Å². The summed E-state index contributed by atoms with van der Waals surface area (Å²) in [5.74, 6) is -0.0147. The highest BCUT2D eigenvalue weighted by Crippen LogP contribution is 2.44. The zero-order valence-electron chi connectivity index (χ0n) is 18.1. The second-order valence-corrected chi connectivity index (χ2v) is 8.53. The number of fused-ring (bicyclic) bond motifs is 1. The van der Waals surface area contributed by atoms with Crippen LogP contribution in [0.2, 0.25) is 0 Å². The van der Waals surface area contributed by atoms with Crippen molar-refractivity contribution in [3.8, 4) is 5.75 Å². The number of thiophene rings is 1. The van der Waals surface area contributed by atoms with E-state index in [2.05, 4.69) is 5.32 Å². The highest BCUT2D eigenvalue weighted by molar-refractivity contribution is 7.10. The Labute approximate surface area is 191 Å². The monoisotopic (exact) mass is 450 g/mol.